The highest BCUT2D eigenvalue weighted by Gasteiger charge is 2.44. The van der Waals surface area contributed by atoms with Crippen LogP contribution in [0, 0.1) is 29.1 Å². The molecule has 2 aliphatic carbocycles. The van der Waals surface area contributed by atoms with Gasteiger partial charge in [0.1, 0.15) is 23.7 Å². The number of methoxy groups -OCH3 is 1. The zero-order chi connectivity index (χ0) is 45.9. The van der Waals surface area contributed by atoms with Crippen molar-refractivity contribution < 1.29 is 23.9 Å². The number of carbonyl (C=O) groups excluding carboxylic acids is 4. The Morgan fingerprint density at radius 3 is 1.91 bits per heavy atom. The van der Waals surface area contributed by atoms with Gasteiger partial charge >= 0.3 is 6.09 Å². The van der Waals surface area contributed by atoms with Gasteiger partial charge in [-0.2, -0.15) is 0 Å². The standard InChI is InChI=1S/C51H64N8O5S/c1-27(2)42(53-31(7)60)48(61)59-26-30(6)20-41(59)47-54-37-16-15-34(21-38(37)55-47)45-36-23-51(17-9-10-18-51)22-35(36)44(65-45)33-13-11-32(12-14-33)39-24-52-46(56-39)40-19-29(5)25-58(40)49(62)43(28(3)4)57-50(63)64-8/h11-16,21,24,27-30,40-43H,9-10,17-20,22-23,25-26H2,1-8H3,(H,52,56)(H,53,60)(H,54,55)(H,57,63)/t29-,30-,40-,41-,42-,43-/m0/s1. The summed E-state index contributed by atoms with van der Waals surface area (Å²) in [5, 5.41) is 5.64. The number of amides is 4. The van der Waals surface area contributed by atoms with Gasteiger partial charge in [0, 0.05) is 29.8 Å². The molecule has 2 aliphatic heterocycles. The summed E-state index contributed by atoms with van der Waals surface area (Å²) >= 11 is 1.89. The van der Waals surface area contributed by atoms with Gasteiger partial charge in [0.25, 0.3) is 0 Å². The van der Waals surface area contributed by atoms with Crippen molar-refractivity contribution in [2.24, 2.45) is 29.1 Å². The van der Waals surface area contributed by atoms with E-state index in [4.69, 9.17) is 14.7 Å². The van der Waals surface area contributed by atoms with E-state index in [1.54, 1.807) is 0 Å². The third kappa shape index (κ3) is 8.58. The Morgan fingerprint density at radius 1 is 0.769 bits per heavy atom. The van der Waals surface area contributed by atoms with Crippen LogP contribution in [0.25, 0.3) is 43.2 Å². The monoisotopic (exact) mass is 900 g/mol. The molecule has 4 amide bonds. The minimum absolute atomic E-state index is 0.0369. The van der Waals surface area contributed by atoms with Crippen molar-refractivity contribution in [1.29, 1.82) is 0 Å². The Bertz CT molecular complexity index is 2600. The van der Waals surface area contributed by atoms with Crippen LogP contribution in [-0.4, -0.2) is 85.8 Å². The number of imidazole rings is 2. The number of nitrogens with zero attached hydrogens (tertiary/aromatic N) is 4. The van der Waals surface area contributed by atoms with Crippen LogP contribution in [0.1, 0.15) is 122 Å². The van der Waals surface area contributed by atoms with Crippen molar-refractivity contribution in [3.05, 3.63) is 71.4 Å². The van der Waals surface area contributed by atoms with Crippen LogP contribution in [0.5, 0.6) is 0 Å². The maximum Gasteiger partial charge on any atom is 0.407 e. The number of nitrogens with one attached hydrogen (secondary N) is 4. The van der Waals surface area contributed by atoms with Gasteiger partial charge in [-0.3, -0.25) is 14.4 Å². The second kappa shape index (κ2) is 17.7. The first-order valence-electron chi connectivity index (χ1n) is 23.6. The number of hydrogen-bond donors (Lipinski definition) is 4. The van der Waals surface area contributed by atoms with Crippen LogP contribution < -0.4 is 10.6 Å². The summed E-state index contributed by atoms with van der Waals surface area (Å²) in [5.41, 5.74) is 9.46. The summed E-state index contributed by atoms with van der Waals surface area (Å²) in [5.74, 6) is 1.60. The fourth-order valence-corrected chi connectivity index (χ4v) is 12.6. The molecule has 0 bridgehead atoms. The Balaban J connectivity index is 0.985. The summed E-state index contributed by atoms with van der Waals surface area (Å²) < 4.78 is 4.83. The number of carbonyl (C=O) groups is 4. The molecule has 4 aliphatic rings. The first-order valence-corrected chi connectivity index (χ1v) is 24.5. The minimum Gasteiger partial charge on any atom is -0.453 e. The molecule has 4 N–H and O–H groups in total. The van der Waals surface area contributed by atoms with E-state index in [2.05, 4.69) is 76.9 Å². The SMILES string of the molecule is COC(=O)N[C@H](C(=O)N1C[C@@H](C)C[C@H]1c1ncc(-c2ccc(-c3sc(-c4ccc5nc([C@@H]6C[C@H](C)CN6C(=O)[C@@H](NC(C)=O)C(C)C)[nH]c5c4)c4c3CC3(CCCC3)C4)cc2)[nH]1)C(C)C. The molecular formula is C51H64N8O5S. The molecular weight excluding hydrogens is 837 g/mol. The molecule has 0 radical (unpaired) electrons. The fraction of sp³-hybridized carbons (Fsp3) is 0.529. The van der Waals surface area contributed by atoms with Crippen LogP contribution in [0.3, 0.4) is 0 Å². The van der Waals surface area contributed by atoms with E-state index < -0.39 is 18.2 Å². The molecule has 0 unspecified atom stereocenters. The van der Waals surface area contributed by atoms with Gasteiger partial charge in [0.2, 0.25) is 17.7 Å². The fourth-order valence-electron chi connectivity index (χ4n) is 11.3. The van der Waals surface area contributed by atoms with Crippen molar-refractivity contribution in [2.45, 2.75) is 124 Å². The second-order valence-corrected chi connectivity index (χ2v) is 21.4. The van der Waals surface area contributed by atoms with E-state index in [-0.39, 0.29) is 47.6 Å². The smallest absolute Gasteiger partial charge is 0.407 e. The van der Waals surface area contributed by atoms with Crippen LogP contribution in [0.4, 0.5) is 4.79 Å². The Morgan fingerprint density at radius 2 is 1.32 bits per heavy atom. The van der Waals surface area contributed by atoms with Gasteiger partial charge in [-0.05, 0) is 108 Å². The number of aromatic nitrogens is 4. The minimum atomic E-state index is -0.696. The van der Waals surface area contributed by atoms with Gasteiger partial charge in [0.05, 0.1) is 42.1 Å². The molecule has 9 rings (SSSR count). The lowest BCUT2D eigenvalue weighted by Crippen LogP contribution is -2.51. The molecule has 2 saturated heterocycles. The van der Waals surface area contributed by atoms with Gasteiger partial charge in [-0.15, -0.1) is 11.3 Å². The molecule has 3 fully saturated rings. The molecule has 5 aromatic rings. The van der Waals surface area contributed by atoms with Crippen molar-refractivity contribution >= 4 is 46.2 Å². The first-order chi connectivity index (χ1) is 31.1. The average Bonchev–Trinajstić information content (AvgIpc) is 4.15. The van der Waals surface area contributed by atoms with E-state index >= 15 is 0 Å². The van der Waals surface area contributed by atoms with Crippen LogP contribution in [0.15, 0.2) is 48.7 Å². The molecule has 13 nitrogen and oxygen atoms in total. The van der Waals surface area contributed by atoms with Gasteiger partial charge < -0.3 is 35.1 Å². The first kappa shape index (κ1) is 44.7. The van der Waals surface area contributed by atoms with Gasteiger partial charge in [-0.1, -0.05) is 84.7 Å². The van der Waals surface area contributed by atoms with Crippen LogP contribution in [0.2, 0.25) is 0 Å². The highest BCUT2D eigenvalue weighted by Crippen LogP contribution is 2.56. The van der Waals surface area contributed by atoms with E-state index in [1.807, 2.05) is 55.0 Å². The number of thiophene rings is 1. The zero-order valence-electron chi connectivity index (χ0n) is 39.0. The van der Waals surface area contributed by atoms with E-state index in [9.17, 15) is 19.2 Å². The number of benzene rings is 2. The van der Waals surface area contributed by atoms with Crippen LogP contribution >= 0.6 is 11.3 Å². The molecule has 65 heavy (non-hydrogen) atoms. The average molecular weight is 901 g/mol. The Kier molecular flexibility index (Phi) is 12.2. The molecule has 6 atom stereocenters. The van der Waals surface area contributed by atoms with Crippen molar-refractivity contribution in [3.63, 3.8) is 0 Å². The highest BCUT2D eigenvalue weighted by atomic mass is 32.1. The normalized spacial score (nSPS) is 22.3. The van der Waals surface area contributed by atoms with E-state index in [1.165, 1.54) is 71.7 Å². The lowest BCUT2D eigenvalue weighted by atomic mass is 9.83. The summed E-state index contributed by atoms with van der Waals surface area (Å²) in [6.07, 6.45) is 10.2. The number of alkyl carbamates (subject to hydrolysis) is 1. The van der Waals surface area contributed by atoms with E-state index in [0.717, 1.165) is 59.6 Å². The zero-order valence-corrected chi connectivity index (χ0v) is 39.9. The number of likely N-dealkylation sites (tertiary alicyclic amines) is 2. The van der Waals surface area contributed by atoms with Gasteiger partial charge in [0.15, 0.2) is 0 Å². The van der Waals surface area contributed by atoms with E-state index in [0.29, 0.717) is 24.4 Å². The summed E-state index contributed by atoms with van der Waals surface area (Å²) in [6.45, 7) is 14.8. The van der Waals surface area contributed by atoms with Crippen LogP contribution in [-0.2, 0) is 32.0 Å². The number of H-pyrrole nitrogens is 2. The maximum atomic E-state index is 13.9. The Labute approximate surface area is 385 Å². The summed E-state index contributed by atoms with van der Waals surface area (Å²) in [4.78, 5) is 75.5. The molecule has 2 aromatic carbocycles. The lowest BCUT2D eigenvalue weighted by Gasteiger charge is -2.30. The third-order valence-electron chi connectivity index (χ3n) is 14.6. The quantitative estimate of drug-likeness (QED) is 0.103. The number of rotatable bonds is 11. The van der Waals surface area contributed by atoms with Crippen molar-refractivity contribution in [2.75, 3.05) is 20.2 Å². The number of hydrogen-bond acceptors (Lipinski definition) is 8. The van der Waals surface area contributed by atoms with Gasteiger partial charge in [-0.25, -0.2) is 14.8 Å². The second-order valence-electron chi connectivity index (χ2n) is 20.4. The maximum absolute atomic E-state index is 13.9. The molecule has 344 valence electrons. The molecule has 5 heterocycles. The largest absolute Gasteiger partial charge is 0.453 e. The predicted octanol–water partition coefficient (Wildman–Crippen LogP) is 9.37. The number of ether oxygens (including phenoxy) is 1. The van der Waals surface area contributed by atoms with Crippen molar-refractivity contribution in [1.82, 2.24) is 40.4 Å². The number of aromatic amines is 2. The summed E-state index contributed by atoms with van der Waals surface area (Å²) in [7, 11) is 1.31. The molecule has 14 heteroatoms. The number of fused-ring (bicyclic) bond motifs is 2. The topological polar surface area (TPSA) is 165 Å². The molecule has 3 aromatic heterocycles. The lowest BCUT2D eigenvalue weighted by molar-refractivity contribution is -0.138. The third-order valence-corrected chi connectivity index (χ3v) is 16.0. The predicted molar refractivity (Wildman–Crippen MR) is 254 cm³/mol. The summed E-state index contributed by atoms with van der Waals surface area (Å²) in [6, 6.07) is 13.7. The van der Waals surface area contributed by atoms with Crippen molar-refractivity contribution in [3.8, 4) is 32.1 Å². The molecule has 1 spiro atoms. The highest BCUT2D eigenvalue weighted by molar-refractivity contribution is 7.19. The Hall–Kier alpha value is -5.50. The molecule has 1 saturated carbocycles.